The molecule has 1 amide bonds. The standard InChI is InChI=1S/C13H16N4O2S/c1-8(12(18)15-13-17-16-9(2)20-13)14-10-4-6-11(19-3)7-5-10/h4-8,14H,1-3H3,(H,15,17,18). The van der Waals surface area contributed by atoms with Gasteiger partial charge in [-0.15, -0.1) is 10.2 Å². The lowest BCUT2D eigenvalue weighted by Gasteiger charge is -2.14. The lowest BCUT2D eigenvalue weighted by molar-refractivity contribution is -0.116. The van der Waals surface area contributed by atoms with E-state index in [0.29, 0.717) is 5.13 Å². The van der Waals surface area contributed by atoms with Crippen molar-refractivity contribution in [2.24, 2.45) is 0 Å². The Balaban J connectivity index is 1.92. The van der Waals surface area contributed by atoms with Crippen molar-refractivity contribution in [1.82, 2.24) is 10.2 Å². The fraction of sp³-hybridized carbons (Fsp3) is 0.308. The number of methoxy groups -OCH3 is 1. The number of rotatable bonds is 5. The fourth-order valence-corrected chi connectivity index (χ4v) is 2.16. The number of ether oxygens (including phenoxy) is 1. The molecule has 0 radical (unpaired) electrons. The first-order valence-electron chi connectivity index (χ1n) is 6.10. The molecule has 6 nitrogen and oxygen atoms in total. The molecule has 2 N–H and O–H groups in total. The molecule has 0 bridgehead atoms. The van der Waals surface area contributed by atoms with E-state index in [4.69, 9.17) is 4.74 Å². The van der Waals surface area contributed by atoms with E-state index in [-0.39, 0.29) is 11.9 Å². The summed E-state index contributed by atoms with van der Waals surface area (Å²) in [5.74, 6) is 0.619. The number of carbonyl (C=O) groups excluding carboxylic acids is 1. The van der Waals surface area contributed by atoms with Gasteiger partial charge in [0.2, 0.25) is 11.0 Å². The van der Waals surface area contributed by atoms with Gasteiger partial charge in [0.05, 0.1) is 7.11 Å². The molecule has 0 aliphatic carbocycles. The second-order valence-electron chi connectivity index (χ2n) is 4.21. The van der Waals surface area contributed by atoms with E-state index >= 15 is 0 Å². The first kappa shape index (κ1) is 14.3. The molecule has 0 fully saturated rings. The summed E-state index contributed by atoms with van der Waals surface area (Å²) in [7, 11) is 1.61. The molecule has 0 aliphatic rings. The normalized spacial score (nSPS) is 11.8. The highest BCUT2D eigenvalue weighted by molar-refractivity contribution is 7.15. The van der Waals surface area contributed by atoms with Crippen LogP contribution in [0.1, 0.15) is 11.9 Å². The SMILES string of the molecule is COc1ccc(NC(C)C(=O)Nc2nnc(C)s2)cc1. The van der Waals surface area contributed by atoms with Crippen LogP contribution in [0.5, 0.6) is 5.75 Å². The molecule has 0 saturated carbocycles. The molecule has 0 aliphatic heterocycles. The van der Waals surface area contributed by atoms with E-state index in [1.807, 2.05) is 31.2 Å². The van der Waals surface area contributed by atoms with E-state index in [1.165, 1.54) is 11.3 Å². The summed E-state index contributed by atoms with van der Waals surface area (Å²) >= 11 is 1.35. The van der Waals surface area contributed by atoms with Gasteiger partial charge in [-0.05, 0) is 38.1 Å². The number of benzene rings is 1. The molecule has 1 unspecified atom stereocenters. The maximum Gasteiger partial charge on any atom is 0.248 e. The average Bonchev–Trinajstić information content (AvgIpc) is 2.85. The number of hydrogen-bond donors (Lipinski definition) is 2. The lowest BCUT2D eigenvalue weighted by atomic mass is 10.2. The summed E-state index contributed by atoms with van der Waals surface area (Å²) in [6.07, 6.45) is 0. The summed E-state index contributed by atoms with van der Waals surface area (Å²) in [5, 5.41) is 14.9. The summed E-state index contributed by atoms with van der Waals surface area (Å²) < 4.78 is 5.08. The fourth-order valence-electron chi connectivity index (χ4n) is 1.56. The van der Waals surface area contributed by atoms with Gasteiger partial charge >= 0.3 is 0 Å². The number of hydrogen-bond acceptors (Lipinski definition) is 6. The van der Waals surface area contributed by atoms with Gasteiger partial charge < -0.3 is 10.1 Å². The van der Waals surface area contributed by atoms with Crippen molar-refractivity contribution in [2.75, 3.05) is 17.7 Å². The summed E-state index contributed by atoms with van der Waals surface area (Å²) in [4.78, 5) is 12.0. The number of nitrogens with one attached hydrogen (secondary N) is 2. The summed E-state index contributed by atoms with van der Waals surface area (Å²) in [6, 6.07) is 7.00. The van der Waals surface area contributed by atoms with Gasteiger partial charge in [0.15, 0.2) is 0 Å². The second-order valence-corrected chi connectivity index (χ2v) is 5.39. The Bertz CT molecular complexity index is 582. The molecule has 1 heterocycles. The summed E-state index contributed by atoms with van der Waals surface area (Å²) in [6.45, 7) is 3.62. The Labute approximate surface area is 121 Å². The van der Waals surface area contributed by atoms with Crippen molar-refractivity contribution in [3.8, 4) is 5.75 Å². The van der Waals surface area contributed by atoms with E-state index in [9.17, 15) is 4.79 Å². The lowest BCUT2D eigenvalue weighted by Crippen LogP contribution is -2.31. The molecule has 20 heavy (non-hydrogen) atoms. The number of amides is 1. The monoisotopic (exact) mass is 292 g/mol. The zero-order valence-electron chi connectivity index (χ0n) is 11.5. The average molecular weight is 292 g/mol. The van der Waals surface area contributed by atoms with Crippen molar-refractivity contribution in [3.63, 3.8) is 0 Å². The number of aryl methyl sites for hydroxylation is 1. The Morgan fingerprint density at radius 1 is 1.30 bits per heavy atom. The molecule has 7 heteroatoms. The minimum absolute atomic E-state index is 0.156. The maximum absolute atomic E-state index is 12.0. The van der Waals surface area contributed by atoms with Crippen molar-refractivity contribution >= 4 is 28.1 Å². The van der Waals surface area contributed by atoms with Crippen molar-refractivity contribution < 1.29 is 9.53 Å². The van der Waals surface area contributed by atoms with Crippen LogP contribution in [-0.4, -0.2) is 29.3 Å². The molecule has 1 aromatic carbocycles. The van der Waals surface area contributed by atoms with E-state index in [2.05, 4.69) is 20.8 Å². The number of aromatic nitrogens is 2. The molecule has 2 rings (SSSR count). The van der Waals surface area contributed by atoms with Crippen LogP contribution in [0.25, 0.3) is 0 Å². The summed E-state index contributed by atoms with van der Waals surface area (Å²) in [5.41, 5.74) is 0.849. The predicted octanol–water partition coefficient (Wildman–Crippen LogP) is 2.29. The Hall–Kier alpha value is -2.15. The van der Waals surface area contributed by atoms with Gasteiger partial charge in [-0.25, -0.2) is 0 Å². The quantitative estimate of drug-likeness (QED) is 0.884. The highest BCUT2D eigenvalue weighted by atomic mass is 32.1. The van der Waals surface area contributed by atoms with Gasteiger partial charge in [0, 0.05) is 5.69 Å². The second kappa shape index (κ2) is 6.33. The van der Waals surface area contributed by atoms with Crippen LogP contribution in [0.15, 0.2) is 24.3 Å². The van der Waals surface area contributed by atoms with Crippen molar-refractivity contribution in [1.29, 1.82) is 0 Å². The van der Waals surface area contributed by atoms with Gasteiger partial charge in [-0.1, -0.05) is 11.3 Å². The minimum atomic E-state index is -0.382. The first-order chi connectivity index (χ1) is 9.58. The van der Waals surface area contributed by atoms with Crippen LogP contribution in [0.4, 0.5) is 10.8 Å². The van der Waals surface area contributed by atoms with Crippen molar-refractivity contribution in [2.45, 2.75) is 19.9 Å². The van der Waals surface area contributed by atoms with Crippen LogP contribution in [0.2, 0.25) is 0 Å². The smallest absolute Gasteiger partial charge is 0.248 e. The third-order valence-electron chi connectivity index (χ3n) is 2.62. The van der Waals surface area contributed by atoms with Crippen LogP contribution < -0.4 is 15.4 Å². The van der Waals surface area contributed by atoms with Gasteiger partial charge in [0.25, 0.3) is 0 Å². The molecule has 1 atom stereocenters. The molecular formula is C13H16N4O2S. The predicted molar refractivity (Wildman–Crippen MR) is 79.4 cm³/mol. The van der Waals surface area contributed by atoms with Crippen LogP contribution in [0.3, 0.4) is 0 Å². The number of anilines is 2. The van der Waals surface area contributed by atoms with Crippen LogP contribution in [0, 0.1) is 6.92 Å². The Morgan fingerprint density at radius 3 is 2.55 bits per heavy atom. The highest BCUT2D eigenvalue weighted by Crippen LogP contribution is 2.17. The Morgan fingerprint density at radius 2 is 2.00 bits per heavy atom. The minimum Gasteiger partial charge on any atom is -0.497 e. The zero-order valence-corrected chi connectivity index (χ0v) is 12.3. The van der Waals surface area contributed by atoms with E-state index in [0.717, 1.165) is 16.4 Å². The van der Waals surface area contributed by atoms with E-state index < -0.39 is 0 Å². The molecule has 0 spiro atoms. The van der Waals surface area contributed by atoms with Crippen molar-refractivity contribution in [3.05, 3.63) is 29.3 Å². The third kappa shape index (κ3) is 3.67. The largest absolute Gasteiger partial charge is 0.497 e. The molecule has 0 saturated heterocycles. The number of nitrogens with zero attached hydrogens (tertiary/aromatic N) is 2. The topological polar surface area (TPSA) is 76.1 Å². The first-order valence-corrected chi connectivity index (χ1v) is 6.91. The zero-order chi connectivity index (χ0) is 14.5. The molecular weight excluding hydrogens is 276 g/mol. The van der Waals surface area contributed by atoms with Gasteiger partial charge in [-0.3, -0.25) is 10.1 Å². The highest BCUT2D eigenvalue weighted by Gasteiger charge is 2.14. The Kier molecular flexibility index (Phi) is 4.52. The van der Waals surface area contributed by atoms with Crippen LogP contribution in [-0.2, 0) is 4.79 Å². The van der Waals surface area contributed by atoms with Gasteiger partial charge in [0.1, 0.15) is 16.8 Å². The molecule has 1 aromatic heterocycles. The van der Waals surface area contributed by atoms with E-state index in [1.54, 1.807) is 14.0 Å². The molecule has 2 aromatic rings. The number of carbonyl (C=O) groups is 1. The third-order valence-corrected chi connectivity index (χ3v) is 3.38. The van der Waals surface area contributed by atoms with Gasteiger partial charge in [-0.2, -0.15) is 0 Å². The van der Waals surface area contributed by atoms with Crippen LogP contribution >= 0.6 is 11.3 Å². The maximum atomic E-state index is 12.0. The molecule has 106 valence electrons.